The molecule has 0 spiro atoms. The van der Waals surface area contributed by atoms with E-state index >= 15 is 0 Å². The van der Waals surface area contributed by atoms with Gasteiger partial charge in [0.15, 0.2) is 11.7 Å². The second-order valence-corrected chi connectivity index (χ2v) is 5.43. The van der Waals surface area contributed by atoms with Crippen LogP contribution in [0.25, 0.3) is 22.6 Å². The van der Waals surface area contributed by atoms with Crippen LogP contribution in [0.15, 0.2) is 59.0 Å². The molecule has 0 saturated heterocycles. The molecule has 0 unspecified atom stereocenters. The first-order valence-corrected chi connectivity index (χ1v) is 7.55. The fourth-order valence-corrected chi connectivity index (χ4v) is 2.53. The first-order valence-electron chi connectivity index (χ1n) is 7.17. The van der Waals surface area contributed by atoms with E-state index in [9.17, 15) is 4.79 Å². The zero-order valence-corrected chi connectivity index (χ0v) is 13.0. The fourth-order valence-electron chi connectivity index (χ4n) is 2.30. The van der Waals surface area contributed by atoms with Crippen molar-refractivity contribution in [1.29, 1.82) is 0 Å². The smallest absolute Gasteiger partial charge is 0.303 e. The number of aryl methyl sites for hydroxylation is 1. The molecule has 3 aromatic rings. The summed E-state index contributed by atoms with van der Waals surface area (Å²) >= 11 is 6.27. The Morgan fingerprint density at radius 3 is 2.48 bits per heavy atom. The molecule has 5 heteroatoms. The molecule has 0 amide bonds. The van der Waals surface area contributed by atoms with Crippen molar-refractivity contribution >= 4 is 17.6 Å². The Balaban J connectivity index is 2.09. The van der Waals surface area contributed by atoms with Crippen molar-refractivity contribution in [3.63, 3.8) is 0 Å². The van der Waals surface area contributed by atoms with Gasteiger partial charge in [0.05, 0.1) is 11.4 Å². The van der Waals surface area contributed by atoms with E-state index in [1.165, 1.54) is 0 Å². The van der Waals surface area contributed by atoms with Crippen LogP contribution in [0.1, 0.15) is 12.3 Å². The largest absolute Gasteiger partial charge is 0.481 e. The summed E-state index contributed by atoms with van der Waals surface area (Å²) in [4.78, 5) is 15.2. The number of aliphatic carboxylic acids is 1. The van der Waals surface area contributed by atoms with Crippen molar-refractivity contribution in [3.8, 4) is 22.6 Å². The van der Waals surface area contributed by atoms with Gasteiger partial charge in [-0.1, -0.05) is 54.1 Å². The maximum Gasteiger partial charge on any atom is 0.303 e. The van der Waals surface area contributed by atoms with E-state index < -0.39 is 5.97 Å². The van der Waals surface area contributed by atoms with Crippen LogP contribution < -0.4 is 0 Å². The number of carboxylic acids is 1. The second-order valence-electron chi connectivity index (χ2n) is 5.02. The molecule has 23 heavy (non-hydrogen) atoms. The van der Waals surface area contributed by atoms with Gasteiger partial charge in [0.1, 0.15) is 5.69 Å². The van der Waals surface area contributed by atoms with Gasteiger partial charge >= 0.3 is 5.97 Å². The van der Waals surface area contributed by atoms with Crippen LogP contribution in [0.3, 0.4) is 0 Å². The van der Waals surface area contributed by atoms with E-state index in [0.29, 0.717) is 22.4 Å². The predicted octanol–water partition coefficient (Wildman–Crippen LogP) is 4.68. The fraction of sp³-hybridized carbons (Fsp3) is 0.111. The zero-order chi connectivity index (χ0) is 16.2. The summed E-state index contributed by atoms with van der Waals surface area (Å²) in [5, 5.41) is 9.40. The van der Waals surface area contributed by atoms with Crippen molar-refractivity contribution < 1.29 is 14.3 Å². The van der Waals surface area contributed by atoms with Crippen molar-refractivity contribution in [3.05, 3.63) is 65.5 Å². The minimum absolute atomic E-state index is 0.0310. The first-order chi connectivity index (χ1) is 11.1. The molecule has 2 aromatic carbocycles. The monoisotopic (exact) mass is 327 g/mol. The number of halogens is 1. The van der Waals surface area contributed by atoms with Gasteiger partial charge < -0.3 is 9.52 Å². The number of rotatable bonds is 5. The number of carbonyl (C=O) groups is 1. The SMILES string of the molecule is O=C(O)CCc1nc(-c2ccccc2)c(-c2ccccc2Cl)o1. The summed E-state index contributed by atoms with van der Waals surface area (Å²) in [6, 6.07) is 17.0. The molecule has 0 aliphatic carbocycles. The Labute approximate surface area is 138 Å². The van der Waals surface area contributed by atoms with Gasteiger partial charge in [0.25, 0.3) is 0 Å². The minimum atomic E-state index is -0.885. The summed E-state index contributed by atoms with van der Waals surface area (Å²) in [6.07, 6.45) is 0.205. The standard InChI is InChI=1S/C18H14ClNO3/c19-14-9-5-4-8-13(14)18-17(12-6-2-1-3-7-12)20-15(23-18)10-11-16(21)22/h1-9H,10-11H2,(H,21,22). The number of nitrogens with zero attached hydrogens (tertiary/aromatic N) is 1. The first kappa shape index (κ1) is 15.3. The minimum Gasteiger partial charge on any atom is -0.481 e. The predicted molar refractivity (Wildman–Crippen MR) is 88.3 cm³/mol. The van der Waals surface area contributed by atoms with Crippen molar-refractivity contribution in [2.45, 2.75) is 12.8 Å². The van der Waals surface area contributed by atoms with Gasteiger partial charge in [0, 0.05) is 17.5 Å². The number of carboxylic acid groups (broad SMARTS) is 1. The highest BCUT2D eigenvalue weighted by molar-refractivity contribution is 6.33. The van der Waals surface area contributed by atoms with Crippen LogP contribution in [0.4, 0.5) is 0 Å². The van der Waals surface area contributed by atoms with E-state index in [2.05, 4.69) is 4.98 Å². The summed E-state index contributed by atoms with van der Waals surface area (Å²) < 4.78 is 5.83. The third-order valence-electron chi connectivity index (χ3n) is 3.39. The normalized spacial score (nSPS) is 10.7. The van der Waals surface area contributed by atoms with E-state index in [4.69, 9.17) is 21.1 Å². The van der Waals surface area contributed by atoms with Crippen molar-refractivity contribution in [1.82, 2.24) is 4.98 Å². The molecule has 0 saturated carbocycles. The van der Waals surface area contributed by atoms with Gasteiger partial charge in [-0.15, -0.1) is 0 Å². The second kappa shape index (κ2) is 6.67. The van der Waals surface area contributed by atoms with E-state index in [1.807, 2.05) is 48.5 Å². The molecular weight excluding hydrogens is 314 g/mol. The Kier molecular flexibility index (Phi) is 4.44. The Bertz CT molecular complexity index is 827. The molecule has 0 atom stereocenters. The Morgan fingerprint density at radius 2 is 1.78 bits per heavy atom. The molecule has 1 N–H and O–H groups in total. The summed E-state index contributed by atoms with van der Waals surface area (Å²) in [5.41, 5.74) is 2.30. The lowest BCUT2D eigenvalue weighted by Gasteiger charge is -2.03. The van der Waals surface area contributed by atoms with Crippen LogP contribution in [0.5, 0.6) is 0 Å². The van der Waals surface area contributed by atoms with Crippen LogP contribution in [-0.2, 0) is 11.2 Å². The van der Waals surface area contributed by atoms with Gasteiger partial charge in [-0.3, -0.25) is 4.79 Å². The molecule has 0 aliphatic heterocycles. The lowest BCUT2D eigenvalue weighted by molar-refractivity contribution is -0.137. The van der Waals surface area contributed by atoms with E-state index in [1.54, 1.807) is 6.07 Å². The number of oxazole rings is 1. The van der Waals surface area contributed by atoms with Crippen LogP contribution in [0.2, 0.25) is 5.02 Å². The molecule has 4 nitrogen and oxygen atoms in total. The average molecular weight is 328 g/mol. The van der Waals surface area contributed by atoms with Gasteiger partial charge in [-0.2, -0.15) is 0 Å². The maximum absolute atomic E-state index is 10.8. The summed E-state index contributed by atoms with van der Waals surface area (Å²) in [7, 11) is 0. The highest BCUT2D eigenvalue weighted by atomic mass is 35.5. The Hall–Kier alpha value is -2.59. The van der Waals surface area contributed by atoms with E-state index in [0.717, 1.165) is 11.1 Å². The average Bonchev–Trinajstić information content (AvgIpc) is 2.98. The van der Waals surface area contributed by atoms with E-state index in [-0.39, 0.29) is 12.8 Å². The van der Waals surface area contributed by atoms with Crippen molar-refractivity contribution in [2.24, 2.45) is 0 Å². The highest BCUT2D eigenvalue weighted by Crippen LogP contribution is 2.36. The molecular formula is C18H14ClNO3. The summed E-state index contributed by atoms with van der Waals surface area (Å²) in [5.74, 6) is 0.0621. The number of benzene rings is 2. The lowest BCUT2D eigenvalue weighted by Crippen LogP contribution is -1.97. The molecule has 0 radical (unpaired) electrons. The van der Waals surface area contributed by atoms with Crippen LogP contribution >= 0.6 is 11.6 Å². The molecule has 0 fully saturated rings. The third kappa shape index (κ3) is 3.43. The number of hydrogen-bond acceptors (Lipinski definition) is 3. The lowest BCUT2D eigenvalue weighted by atomic mass is 10.1. The number of hydrogen-bond donors (Lipinski definition) is 1. The molecule has 3 rings (SSSR count). The topological polar surface area (TPSA) is 63.3 Å². The maximum atomic E-state index is 10.8. The Morgan fingerprint density at radius 1 is 1.09 bits per heavy atom. The number of aromatic nitrogens is 1. The molecule has 1 heterocycles. The molecule has 0 aliphatic rings. The summed E-state index contributed by atoms with van der Waals surface area (Å²) in [6.45, 7) is 0. The van der Waals surface area contributed by atoms with Crippen LogP contribution in [0, 0.1) is 0 Å². The quantitative estimate of drug-likeness (QED) is 0.739. The zero-order valence-electron chi connectivity index (χ0n) is 12.2. The highest BCUT2D eigenvalue weighted by Gasteiger charge is 2.19. The van der Waals surface area contributed by atoms with Crippen molar-refractivity contribution in [2.75, 3.05) is 0 Å². The molecule has 0 bridgehead atoms. The van der Waals surface area contributed by atoms with Gasteiger partial charge in [-0.05, 0) is 12.1 Å². The van der Waals surface area contributed by atoms with Crippen LogP contribution in [-0.4, -0.2) is 16.1 Å². The third-order valence-corrected chi connectivity index (χ3v) is 3.72. The van der Waals surface area contributed by atoms with Gasteiger partial charge in [0.2, 0.25) is 0 Å². The molecule has 1 aromatic heterocycles. The molecule has 116 valence electrons. The van der Waals surface area contributed by atoms with Gasteiger partial charge in [-0.25, -0.2) is 4.98 Å².